The number of hydrogen-bond donors (Lipinski definition) is 2. The van der Waals surface area contributed by atoms with Gasteiger partial charge in [-0.15, -0.1) is 0 Å². The van der Waals surface area contributed by atoms with Crippen LogP contribution in [0.2, 0.25) is 0 Å². The standard InChI is InChI=1S/C11H24N2OS/c1-11(14,9-13(2)3)8-12-10-4-6-15-7-5-10/h10,12,14H,4-9H2,1-3H3. The zero-order chi connectivity index (χ0) is 11.3. The lowest BCUT2D eigenvalue weighted by atomic mass is 10.1. The molecule has 0 radical (unpaired) electrons. The van der Waals surface area contributed by atoms with Crippen molar-refractivity contribution < 1.29 is 5.11 Å². The fourth-order valence-corrected chi connectivity index (χ4v) is 3.11. The maximum Gasteiger partial charge on any atom is 0.0869 e. The van der Waals surface area contributed by atoms with Crippen LogP contribution < -0.4 is 5.32 Å². The Hall–Kier alpha value is 0.230. The molecule has 0 saturated carbocycles. The summed E-state index contributed by atoms with van der Waals surface area (Å²) in [4.78, 5) is 2.03. The van der Waals surface area contributed by atoms with Crippen molar-refractivity contribution in [2.45, 2.75) is 31.4 Å². The number of nitrogens with zero attached hydrogens (tertiary/aromatic N) is 1. The SMILES string of the molecule is CN(C)CC(C)(O)CNC1CCSCC1. The quantitative estimate of drug-likeness (QED) is 0.734. The van der Waals surface area contributed by atoms with Gasteiger partial charge in [0, 0.05) is 19.1 Å². The van der Waals surface area contributed by atoms with Gasteiger partial charge in [0.1, 0.15) is 0 Å². The van der Waals surface area contributed by atoms with E-state index in [-0.39, 0.29) is 0 Å². The van der Waals surface area contributed by atoms with E-state index in [0.717, 1.165) is 0 Å². The van der Waals surface area contributed by atoms with Crippen LogP contribution in [0.1, 0.15) is 19.8 Å². The summed E-state index contributed by atoms with van der Waals surface area (Å²) in [5.74, 6) is 2.51. The molecule has 0 bridgehead atoms. The van der Waals surface area contributed by atoms with Gasteiger partial charge in [-0.25, -0.2) is 0 Å². The van der Waals surface area contributed by atoms with Crippen molar-refractivity contribution in [2.75, 3.05) is 38.7 Å². The van der Waals surface area contributed by atoms with E-state index in [1.165, 1.54) is 24.3 Å². The van der Waals surface area contributed by atoms with Crippen molar-refractivity contribution in [3.8, 4) is 0 Å². The fraction of sp³-hybridized carbons (Fsp3) is 1.00. The number of nitrogens with one attached hydrogen (secondary N) is 1. The minimum absolute atomic E-state index is 0.611. The first-order chi connectivity index (χ1) is 6.99. The molecule has 1 rings (SSSR count). The third kappa shape index (κ3) is 5.76. The van der Waals surface area contributed by atoms with Gasteiger partial charge < -0.3 is 15.3 Å². The van der Waals surface area contributed by atoms with Crippen molar-refractivity contribution in [1.29, 1.82) is 0 Å². The summed E-state index contributed by atoms with van der Waals surface area (Å²) in [6.07, 6.45) is 2.48. The van der Waals surface area contributed by atoms with Crippen LogP contribution in [0, 0.1) is 0 Å². The minimum Gasteiger partial charge on any atom is -0.388 e. The highest BCUT2D eigenvalue weighted by Gasteiger charge is 2.23. The zero-order valence-electron chi connectivity index (χ0n) is 10.1. The average molecular weight is 232 g/mol. The Bertz CT molecular complexity index is 179. The van der Waals surface area contributed by atoms with Gasteiger partial charge >= 0.3 is 0 Å². The molecule has 0 aliphatic carbocycles. The van der Waals surface area contributed by atoms with E-state index in [9.17, 15) is 5.11 Å². The average Bonchev–Trinajstić information content (AvgIpc) is 2.15. The maximum atomic E-state index is 10.1. The van der Waals surface area contributed by atoms with Crippen LogP contribution in [0.25, 0.3) is 0 Å². The van der Waals surface area contributed by atoms with Crippen molar-refractivity contribution in [1.82, 2.24) is 10.2 Å². The molecule has 1 fully saturated rings. The number of aliphatic hydroxyl groups is 1. The summed E-state index contributed by atoms with van der Waals surface area (Å²) in [5, 5.41) is 13.6. The van der Waals surface area contributed by atoms with Gasteiger partial charge in [-0.1, -0.05) is 0 Å². The van der Waals surface area contributed by atoms with E-state index in [1.807, 2.05) is 37.7 Å². The normalized spacial score (nSPS) is 23.0. The predicted molar refractivity (Wildman–Crippen MR) is 67.5 cm³/mol. The molecule has 0 aromatic carbocycles. The Morgan fingerprint density at radius 2 is 2.00 bits per heavy atom. The van der Waals surface area contributed by atoms with Gasteiger partial charge in [-0.3, -0.25) is 0 Å². The topological polar surface area (TPSA) is 35.5 Å². The van der Waals surface area contributed by atoms with Crippen LogP contribution in [-0.2, 0) is 0 Å². The van der Waals surface area contributed by atoms with E-state index in [0.29, 0.717) is 19.1 Å². The van der Waals surface area contributed by atoms with Gasteiger partial charge in [-0.2, -0.15) is 11.8 Å². The van der Waals surface area contributed by atoms with Gasteiger partial charge in [0.15, 0.2) is 0 Å². The van der Waals surface area contributed by atoms with Gasteiger partial charge in [0.25, 0.3) is 0 Å². The second kappa shape index (κ2) is 6.09. The number of thioether (sulfide) groups is 1. The monoisotopic (exact) mass is 232 g/mol. The molecular weight excluding hydrogens is 208 g/mol. The lowest BCUT2D eigenvalue weighted by molar-refractivity contribution is 0.0311. The molecule has 1 unspecified atom stereocenters. The molecule has 0 aromatic heterocycles. The first-order valence-corrected chi connectivity index (χ1v) is 6.83. The molecule has 4 heteroatoms. The molecule has 90 valence electrons. The highest BCUT2D eigenvalue weighted by atomic mass is 32.2. The molecule has 2 N–H and O–H groups in total. The largest absolute Gasteiger partial charge is 0.388 e. The van der Waals surface area contributed by atoms with E-state index in [2.05, 4.69) is 5.32 Å². The molecule has 1 saturated heterocycles. The second-order valence-corrected chi connectivity index (χ2v) is 6.23. The highest BCUT2D eigenvalue weighted by Crippen LogP contribution is 2.17. The summed E-state index contributed by atoms with van der Waals surface area (Å²) < 4.78 is 0. The highest BCUT2D eigenvalue weighted by molar-refractivity contribution is 7.99. The van der Waals surface area contributed by atoms with Crippen LogP contribution in [0.5, 0.6) is 0 Å². The van der Waals surface area contributed by atoms with Gasteiger partial charge in [0.2, 0.25) is 0 Å². The van der Waals surface area contributed by atoms with Crippen LogP contribution >= 0.6 is 11.8 Å². The summed E-state index contributed by atoms with van der Waals surface area (Å²) in [6, 6.07) is 0.611. The summed E-state index contributed by atoms with van der Waals surface area (Å²) in [5.41, 5.74) is -0.617. The third-order valence-corrected chi connectivity index (χ3v) is 3.70. The molecule has 1 atom stereocenters. The molecule has 3 nitrogen and oxygen atoms in total. The summed E-state index contributed by atoms with van der Waals surface area (Å²) in [7, 11) is 3.98. The predicted octanol–water partition coefficient (Wildman–Crippen LogP) is 0.784. The molecule has 1 aliphatic rings. The van der Waals surface area contributed by atoms with Crippen molar-refractivity contribution in [3.63, 3.8) is 0 Å². The summed E-state index contributed by atoms with van der Waals surface area (Å²) in [6.45, 7) is 3.31. The van der Waals surface area contributed by atoms with E-state index in [1.54, 1.807) is 0 Å². The second-order valence-electron chi connectivity index (χ2n) is 5.00. The molecule has 15 heavy (non-hydrogen) atoms. The lowest BCUT2D eigenvalue weighted by Crippen LogP contribution is -2.48. The smallest absolute Gasteiger partial charge is 0.0869 e. The Morgan fingerprint density at radius 3 is 2.53 bits per heavy atom. The molecule has 1 heterocycles. The Morgan fingerprint density at radius 1 is 1.40 bits per heavy atom. The fourth-order valence-electron chi connectivity index (χ4n) is 2.00. The van der Waals surface area contributed by atoms with Crippen LogP contribution in [0.4, 0.5) is 0 Å². The maximum absolute atomic E-state index is 10.1. The van der Waals surface area contributed by atoms with Crippen LogP contribution in [0.15, 0.2) is 0 Å². The van der Waals surface area contributed by atoms with Crippen molar-refractivity contribution in [2.24, 2.45) is 0 Å². The number of rotatable bonds is 5. The minimum atomic E-state index is -0.617. The molecular formula is C11H24N2OS. The van der Waals surface area contributed by atoms with E-state index in [4.69, 9.17) is 0 Å². The van der Waals surface area contributed by atoms with Crippen LogP contribution in [-0.4, -0.2) is 60.3 Å². The van der Waals surface area contributed by atoms with E-state index < -0.39 is 5.60 Å². The first kappa shape index (κ1) is 13.3. The Balaban J connectivity index is 2.21. The van der Waals surface area contributed by atoms with Crippen molar-refractivity contribution in [3.05, 3.63) is 0 Å². The molecule has 0 aromatic rings. The first-order valence-electron chi connectivity index (χ1n) is 5.68. The molecule has 1 aliphatic heterocycles. The lowest BCUT2D eigenvalue weighted by Gasteiger charge is -2.31. The number of hydrogen-bond acceptors (Lipinski definition) is 4. The van der Waals surface area contributed by atoms with Crippen molar-refractivity contribution >= 4 is 11.8 Å². The molecule has 0 spiro atoms. The third-order valence-electron chi connectivity index (χ3n) is 2.65. The Labute approximate surface area is 97.6 Å². The Kier molecular flexibility index (Phi) is 5.39. The number of likely N-dealkylation sites (N-methyl/N-ethyl adjacent to an activating group) is 1. The summed E-state index contributed by atoms with van der Waals surface area (Å²) >= 11 is 2.03. The van der Waals surface area contributed by atoms with Gasteiger partial charge in [0.05, 0.1) is 5.60 Å². The van der Waals surface area contributed by atoms with Crippen LogP contribution in [0.3, 0.4) is 0 Å². The van der Waals surface area contributed by atoms with E-state index >= 15 is 0 Å². The van der Waals surface area contributed by atoms with Gasteiger partial charge in [-0.05, 0) is 45.4 Å². The molecule has 0 amide bonds. The zero-order valence-corrected chi connectivity index (χ0v) is 10.9.